The number of carbonyl (C=O) groups excluding carboxylic acids is 1. The Morgan fingerprint density at radius 1 is 1.06 bits per heavy atom. The summed E-state index contributed by atoms with van der Waals surface area (Å²) in [6, 6.07) is 16.5. The van der Waals surface area contributed by atoms with Crippen LogP contribution in [0.3, 0.4) is 0 Å². The Labute approximate surface area is 181 Å². The molecular formula is C25H25N3O3. The summed E-state index contributed by atoms with van der Waals surface area (Å²) in [5, 5.41) is 10.5. The molecule has 0 saturated heterocycles. The van der Waals surface area contributed by atoms with Crippen LogP contribution in [0.2, 0.25) is 0 Å². The zero-order valence-electron chi connectivity index (χ0n) is 17.6. The number of nitrogens with zero attached hydrogens (tertiary/aromatic N) is 1. The fourth-order valence-electron chi connectivity index (χ4n) is 4.28. The van der Waals surface area contributed by atoms with Crippen molar-refractivity contribution in [2.45, 2.75) is 30.7 Å². The van der Waals surface area contributed by atoms with Crippen molar-refractivity contribution in [3.8, 4) is 11.5 Å². The van der Waals surface area contributed by atoms with E-state index in [2.05, 4.69) is 45.9 Å². The number of aromatic nitrogens is 2. The standard InChI is InChI=1S/C25H25N3O3/c1-30-19-7-3-5-16(13-19)25(17-6-4-8-20(14-17)31-2)12-11-21-22(15-25)27-28-23(21)24(29)26-18-9-10-18/h3-8,11-14,18H,9-10,15H2,1-2H3,(H,26,29)(H,27,28). The molecule has 0 bridgehead atoms. The molecule has 1 heterocycles. The number of amides is 1. The van der Waals surface area contributed by atoms with Crippen LogP contribution in [0.15, 0.2) is 54.6 Å². The van der Waals surface area contributed by atoms with Crippen molar-refractivity contribution in [2.75, 3.05) is 14.2 Å². The zero-order chi connectivity index (χ0) is 21.4. The van der Waals surface area contributed by atoms with E-state index in [1.165, 1.54) is 0 Å². The molecule has 0 aliphatic heterocycles. The van der Waals surface area contributed by atoms with E-state index in [1.54, 1.807) is 14.2 Å². The molecule has 6 nitrogen and oxygen atoms in total. The molecule has 2 aromatic carbocycles. The van der Waals surface area contributed by atoms with Gasteiger partial charge in [-0.25, -0.2) is 0 Å². The van der Waals surface area contributed by atoms with Gasteiger partial charge in [0, 0.05) is 29.1 Å². The topological polar surface area (TPSA) is 76.2 Å². The highest BCUT2D eigenvalue weighted by Crippen LogP contribution is 2.43. The smallest absolute Gasteiger partial charge is 0.272 e. The summed E-state index contributed by atoms with van der Waals surface area (Å²) in [6.45, 7) is 0. The third-order valence-electron chi connectivity index (χ3n) is 6.17. The molecule has 1 saturated carbocycles. The Bertz CT molecular complexity index is 1110. The predicted octanol–water partition coefficient (Wildman–Crippen LogP) is 3.87. The van der Waals surface area contributed by atoms with Crippen LogP contribution in [0.25, 0.3) is 6.08 Å². The highest BCUT2D eigenvalue weighted by molar-refractivity contribution is 5.97. The lowest BCUT2D eigenvalue weighted by Crippen LogP contribution is -2.31. The van der Waals surface area contributed by atoms with Gasteiger partial charge < -0.3 is 14.8 Å². The summed E-state index contributed by atoms with van der Waals surface area (Å²) in [6.07, 6.45) is 6.92. The summed E-state index contributed by atoms with van der Waals surface area (Å²) in [7, 11) is 3.34. The third-order valence-corrected chi connectivity index (χ3v) is 6.17. The predicted molar refractivity (Wildman–Crippen MR) is 119 cm³/mol. The second-order valence-electron chi connectivity index (χ2n) is 8.16. The minimum absolute atomic E-state index is 0.111. The molecule has 0 spiro atoms. The van der Waals surface area contributed by atoms with Crippen LogP contribution in [0.1, 0.15) is 45.7 Å². The van der Waals surface area contributed by atoms with Crippen molar-refractivity contribution in [3.63, 3.8) is 0 Å². The lowest BCUT2D eigenvalue weighted by Gasteiger charge is -2.34. The molecule has 1 amide bonds. The van der Waals surface area contributed by atoms with Crippen molar-refractivity contribution >= 4 is 12.0 Å². The monoisotopic (exact) mass is 415 g/mol. The van der Waals surface area contributed by atoms with Crippen molar-refractivity contribution in [1.29, 1.82) is 0 Å². The minimum atomic E-state index is -0.452. The molecule has 6 heteroatoms. The van der Waals surface area contributed by atoms with Crippen molar-refractivity contribution < 1.29 is 14.3 Å². The largest absolute Gasteiger partial charge is 0.497 e. The van der Waals surface area contributed by atoms with E-state index in [0.717, 1.165) is 46.7 Å². The van der Waals surface area contributed by atoms with Gasteiger partial charge in [-0.3, -0.25) is 9.89 Å². The Balaban J connectivity index is 1.61. The maximum Gasteiger partial charge on any atom is 0.272 e. The van der Waals surface area contributed by atoms with Gasteiger partial charge >= 0.3 is 0 Å². The summed E-state index contributed by atoms with van der Waals surface area (Å²) >= 11 is 0. The quantitative estimate of drug-likeness (QED) is 0.641. The molecular weight excluding hydrogens is 390 g/mol. The summed E-state index contributed by atoms with van der Waals surface area (Å²) in [5.41, 5.74) is 4.00. The Morgan fingerprint density at radius 3 is 2.29 bits per heavy atom. The molecule has 1 aromatic heterocycles. The maximum atomic E-state index is 12.6. The fraction of sp³-hybridized carbons (Fsp3) is 0.280. The van der Waals surface area contributed by atoms with Gasteiger partial charge in [0.05, 0.1) is 14.2 Å². The average molecular weight is 415 g/mol. The second-order valence-corrected chi connectivity index (χ2v) is 8.16. The van der Waals surface area contributed by atoms with Gasteiger partial charge in [0.2, 0.25) is 0 Å². The first kappa shape index (κ1) is 19.4. The van der Waals surface area contributed by atoms with Gasteiger partial charge in [-0.2, -0.15) is 5.10 Å². The molecule has 2 aliphatic rings. The van der Waals surface area contributed by atoms with Gasteiger partial charge in [0.1, 0.15) is 11.5 Å². The van der Waals surface area contributed by atoms with Crippen LogP contribution in [-0.4, -0.2) is 36.4 Å². The Hall–Kier alpha value is -3.54. The third kappa shape index (κ3) is 3.48. The van der Waals surface area contributed by atoms with E-state index >= 15 is 0 Å². The molecule has 0 radical (unpaired) electrons. The number of fused-ring (bicyclic) bond motifs is 1. The Morgan fingerprint density at radius 2 is 1.71 bits per heavy atom. The van der Waals surface area contributed by atoms with Gasteiger partial charge in [0.25, 0.3) is 5.91 Å². The van der Waals surface area contributed by atoms with Crippen LogP contribution < -0.4 is 14.8 Å². The van der Waals surface area contributed by atoms with Gasteiger partial charge in [0.15, 0.2) is 5.69 Å². The molecule has 1 fully saturated rings. The molecule has 0 atom stereocenters. The first-order valence-electron chi connectivity index (χ1n) is 10.5. The highest BCUT2D eigenvalue weighted by Gasteiger charge is 2.38. The van der Waals surface area contributed by atoms with Crippen molar-refractivity contribution in [3.05, 3.63) is 82.7 Å². The van der Waals surface area contributed by atoms with Crippen molar-refractivity contribution in [2.24, 2.45) is 0 Å². The van der Waals surface area contributed by atoms with Crippen LogP contribution in [-0.2, 0) is 11.8 Å². The average Bonchev–Trinajstić information content (AvgIpc) is 3.53. The maximum absolute atomic E-state index is 12.6. The number of hydrogen-bond acceptors (Lipinski definition) is 4. The number of rotatable bonds is 6. The summed E-state index contributed by atoms with van der Waals surface area (Å²) < 4.78 is 11.0. The van der Waals surface area contributed by atoms with Gasteiger partial charge in [-0.05, 0) is 48.2 Å². The number of benzene rings is 2. The van der Waals surface area contributed by atoms with Crippen LogP contribution in [0, 0.1) is 0 Å². The minimum Gasteiger partial charge on any atom is -0.497 e. The molecule has 5 rings (SSSR count). The van der Waals surface area contributed by atoms with E-state index in [1.807, 2.05) is 30.3 Å². The SMILES string of the molecule is COc1cccc(C2(c3cccc(OC)c3)C=Cc3c(C(=O)NC4CC4)n[nH]c3C2)c1. The van der Waals surface area contributed by atoms with Crippen LogP contribution in [0.5, 0.6) is 11.5 Å². The van der Waals surface area contributed by atoms with E-state index in [4.69, 9.17) is 9.47 Å². The van der Waals surface area contributed by atoms with E-state index < -0.39 is 5.41 Å². The van der Waals surface area contributed by atoms with Crippen LogP contribution in [0.4, 0.5) is 0 Å². The fourth-order valence-corrected chi connectivity index (χ4v) is 4.28. The van der Waals surface area contributed by atoms with Crippen LogP contribution >= 0.6 is 0 Å². The zero-order valence-corrected chi connectivity index (χ0v) is 17.6. The molecule has 3 aromatic rings. The molecule has 2 N–H and O–H groups in total. The van der Waals surface area contributed by atoms with E-state index in [-0.39, 0.29) is 5.91 Å². The molecule has 158 valence electrons. The van der Waals surface area contributed by atoms with Gasteiger partial charge in [-0.1, -0.05) is 36.4 Å². The number of ether oxygens (including phenoxy) is 2. The summed E-state index contributed by atoms with van der Waals surface area (Å²) in [5.74, 6) is 1.49. The first-order chi connectivity index (χ1) is 15.1. The van der Waals surface area contributed by atoms with E-state index in [9.17, 15) is 4.79 Å². The number of H-pyrrole nitrogens is 1. The van der Waals surface area contributed by atoms with Gasteiger partial charge in [-0.15, -0.1) is 0 Å². The molecule has 31 heavy (non-hydrogen) atoms. The molecule has 0 unspecified atom stereocenters. The normalized spacial score (nSPS) is 16.5. The lowest BCUT2D eigenvalue weighted by molar-refractivity contribution is 0.0946. The Kier molecular flexibility index (Phi) is 4.77. The number of allylic oxidation sites excluding steroid dienone is 1. The second kappa shape index (κ2) is 7.61. The number of carbonyl (C=O) groups is 1. The lowest BCUT2D eigenvalue weighted by atomic mass is 9.68. The van der Waals surface area contributed by atoms with E-state index in [0.29, 0.717) is 18.2 Å². The number of methoxy groups -OCH3 is 2. The molecule has 2 aliphatic carbocycles. The first-order valence-corrected chi connectivity index (χ1v) is 10.5. The highest BCUT2D eigenvalue weighted by atomic mass is 16.5. The summed E-state index contributed by atoms with van der Waals surface area (Å²) in [4.78, 5) is 12.6. The number of aromatic amines is 1. The number of nitrogens with one attached hydrogen (secondary N) is 2. The number of hydrogen-bond donors (Lipinski definition) is 2. The van der Waals surface area contributed by atoms with Crippen molar-refractivity contribution in [1.82, 2.24) is 15.5 Å².